The fourth-order valence-electron chi connectivity index (χ4n) is 5.38. The van der Waals surface area contributed by atoms with Crippen LogP contribution in [0.15, 0.2) is 60.7 Å². The predicted molar refractivity (Wildman–Crippen MR) is 149 cm³/mol. The second-order valence-electron chi connectivity index (χ2n) is 10.5. The highest BCUT2D eigenvalue weighted by atomic mass is 16.5. The minimum absolute atomic E-state index is 0.0610. The van der Waals surface area contributed by atoms with Gasteiger partial charge in [0.2, 0.25) is 29.5 Å². The largest absolute Gasteiger partial charge is 0.343 e. The summed E-state index contributed by atoms with van der Waals surface area (Å²) < 4.78 is 0. The number of hydrogen-bond donors (Lipinski definition) is 5. The summed E-state index contributed by atoms with van der Waals surface area (Å²) in [5.74, 6) is -2.30. The molecule has 0 spiro atoms. The molecule has 0 unspecified atom stereocenters. The highest BCUT2D eigenvalue weighted by Crippen LogP contribution is 2.21. The van der Waals surface area contributed by atoms with Crippen molar-refractivity contribution < 1.29 is 29.2 Å². The van der Waals surface area contributed by atoms with Crippen molar-refractivity contribution >= 4 is 29.5 Å². The van der Waals surface area contributed by atoms with Crippen LogP contribution in [-0.2, 0) is 36.8 Å². The Morgan fingerprint density at radius 1 is 0.780 bits per heavy atom. The molecule has 218 valence electrons. The van der Waals surface area contributed by atoms with Gasteiger partial charge in [0.1, 0.15) is 24.2 Å². The van der Waals surface area contributed by atoms with Gasteiger partial charge in [-0.05, 0) is 36.8 Å². The second kappa shape index (κ2) is 14.4. The van der Waals surface area contributed by atoms with Crippen molar-refractivity contribution in [2.45, 2.75) is 75.5 Å². The highest BCUT2D eigenvalue weighted by Gasteiger charge is 2.40. The molecule has 2 fully saturated rings. The lowest BCUT2D eigenvalue weighted by atomic mass is 10.00. The van der Waals surface area contributed by atoms with Crippen molar-refractivity contribution in [3.05, 3.63) is 71.8 Å². The number of carbonyl (C=O) groups is 5. The van der Waals surface area contributed by atoms with Crippen molar-refractivity contribution in [3.63, 3.8) is 0 Å². The SMILES string of the molecule is O=C(CCCC[C@@H]1NC(=O)[C@H]2CCCN2C(=O)[C@H](Cc2ccccc2)NC(=O)[C@H](Cc2ccccc2)NC1=O)NO. The molecule has 2 saturated heterocycles. The van der Waals surface area contributed by atoms with E-state index >= 15 is 0 Å². The molecule has 0 aliphatic carbocycles. The maximum Gasteiger partial charge on any atom is 0.246 e. The standard InChI is InChI=1S/C30H37N5O6/c36-26(34-41)16-8-7-14-22-27(37)32-23(18-20-10-3-1-4-11-20)28(38)33-24(19-21-12-5-2-6-13-21)30(40)35-17-9-15-25(35)29(39)31-22/h1-6,10-13,22-25,41H,7-9,14-19H2,(H,31,39)(H,32,37)(H,33,38)(H,34,36)/t22-,23-,24-,25+/m0/s1. The smallest absolute Gasteiger partial charge is 0.246 e. The van der Waals surface area contributed by atoms with Gasteiger partial charge in [-0.1, -0.05) is 67.1 Å². The number of nitrogens with zero attached hydrogens (tertiary/aromatic N) is 1. The molecule has 11 heteroatoms. The van der Waals surface area contributed by atoms with Crippen LogP contribution in [0.3, 0.4) is 0 Å². The van der Waals surface area contributed by atoms with Crippen molar-refractivity contribution in [2.24, 2.45) is 0 Å². The zero-order chi connectivity index (χ0) is 29.2. The number of amides is 5. The van der Waals surface area contributed by atoms with Gasteiger partial charge in [-0.2, -0.15) is 0 Å². The molecule has 4 atom stereocenters. The van der Waals surface area contributed by atoms with E-state index in [0.717, 1.165) is 11.1 Å². The first-order valence-corrected chi connectivity index (χ1v) is 14.1. The van der Waals surface area contributed by atoms with E-state index < -0.39 is 47.8 Å². The Labute approximate surface area is 239 Å². The zero-order valence-electron chi connectivity index (χ0n) is 22.9. The predicted octanol–water partition coefficient (Wildman–Crippen LogP) is 0.997. The summed E-state index contributed by atoms with van der Waals surface area (Å²) >= 11 is 0. The van der Waals surface area contributed by atoms with Crippen molar-refractivity contribution in [3.8, 4) is 0 Å². The number of rotatable bonds is 9. The third kappa shape index (κ3) is 8.14. The van der Waals surface area contributed by atoms with Gasteiger partial charge < -0.3 is 20.9 Å². The van der Waals surface area contributed by atoms with Gasteiger partial charge in [-0.15, -0.1) is 0 Å². The van der Waals surface area contributed by atoms with Crippen LogP contribution in [0, 0.1) is 0 Å². The van der Waals surface area contributed by atoms with Crippen LogP contribution in [0.1, 0.15) is 49.7 Å². The van der Waals surface area contributed by atoms with Crippen LogP contribution in [-0.4, -0.2) is 70.4 Å². The van der Waals surface area contributed by atoms with E-state index in [9.17, 15) is 24.0 Å². The summed E-state index contributed by atoms with van der Waals surface area (Å²) in [4.78, 5) is 67.4. The van der Waals surface area contributed by atoms with Gasteiger partial charge in [0.15, 0.2) is 0 Å². The fourth-order valence-corrected chi connectivity index (χ4v) is 5.38. The van der Waals surface area contributed by atoms with Gasteiger partial charge in [-0.25, -0.2) is 5.48 Å². The summed E-state index contributed by atoms with van der Waals surface area (Å²) in [6.07, 6.45) is 2.58. The highest BCUT2D eigenvalue weighted by molar-refractivity contribution is 5.98. The summed E-state index contributed by atoms with van der Waals surface area (Å²) in [5, 5.41) is 17.3. The lowest BCUT2D eigenvalue weighted by Crippen LogP contribution is -2.61. The molecule has 0 aromatic heterocycles. The Hall–Kier alpha value is -4.25. The average molecular weight is 564 g/mol. The third-order valence-electron chi connectivity index (χ3n) is 7.56. The first kappa shape index (κ1) is 29.7. The molecule has 11 nitrogen and oxygen atoms in total. The first-order chi connectivity index (χ1) is 19.9. The lowest BCUT2D eigenvalue weighted by molar-refractivity contribution is -0.143. The zero-order valence-corrected chi connectivity index (χ0v) is 22.9. The minimum atomic E-state index is -0.996. The second-order valence-corrected chi connectivity index (χ2v) is 10.5. The normalized spacial score (nSPS) is 23.4. The molecule has 2 aliphatic heterocycles. The molecule has 0 saturated carbocycles. The fraction of sp³-hybridized carbons (Fsp3) is 0.433. The van der Waals surface area contributed by atoms with E-state index in [1.165, 1.54) is 4.90 Å². The van der Waals surface area contributed by atoms with E-state index in [0.29, 0.717) is 32.2 Å². The van der Waals surface area contributed by atoms with Crippen molar-refractivity contribution in [1.82, 2.24) is 26.3 Å². The van der Waals surface area contributed by atoms with Crippen LogP contribution >= 0.6 is 0 Å². The minimum Gasteiger partial charge on any atom is -0.343 e. The maximum absolute atomic E-state index is 13.8. The van der Waals surface area contributed by atoms with E-state index in [1.807, 2.05) is 60.7 Å². The van der Waals surface area contributed by atoms with Crippen molar-refractivity contribution in [1.29, 1.82) is 0 Å². The summed E-state index contributed by atoms with van der Waals surface area (Å²) in [6.45, 7) is 0.374. The Morgan fingerprint density at radius 2 is 1.34 bits per heavy atom. The Balaban J connectivity index is 1.62. The summed E-state index contributed by atoms with van der Waals surface area (Å²) in [5.41, 5.74) is 3.26. The number of carbonyl (C=O) groups excluding carboxylic acids is 5. The van der Waals surface area contributed by atoms with Crippen LogP contribution < -0.4 is 21.4 Å². The Bertz CT molecular complexity index is 1220. The van der Waals surface area contributed by atoms with E-state index in [2.05, 4.69) is 16.0 Å². The Kier molecular flexibility index (Phi) is 10.4. The number of benzene rings is 2. The average Bonchev–Trinajstić information content (AvgIpc) is 3.48. The molecule has 5 amide bonds. The van der Waals surface area contributed by atoms with Gasteiger partial charge in [0.25, 0.3) is 0 Å². The van der Waals surface area contributed by atoms with Gasteiger partial charge in [0.05, 0.1) is 0 Å². The van der Waals surface area contributed by atoms with Crippen LogP contribution in [0.25, 0.3) is 0 Å². The van der Waals surface area contributed by atoms with Crippen LogP contribution in [0.2, 0.25) is 0 Å². The first-order valence-electron chi connectivity index (χ1n) is 14.1. The van der Waals surface area contributed by atoms with Crippen molar-refractivity contribution in [2.75, 3.05) is 6.54 Å². The number of hydroxylamine groups is 1. The van der Waals surface area contributed by atoms with E-state index in [1.54, 1.807) is 5.48 Å². The van der Waals surface area contributed by atoms with E-state index in [4.69, 9.17) is 5.21 Å². The quantitative estimate of drug-likeness (QED) is 0.174. The molecule has 0 radical (unpaired) electrons. The molecule has 0 bridgehead atoms. The van der Waals surface area contributed by atoms with Gasteiger partial charge in [-0.3, -0.25) is 29.2 Å². The monoisotopic (exact) mass is 563 g/mol. The molecule has 2 heterocycles. The van der Waals surface area contributed by atoms with Gasteiger partial charge in [0, 0.05) is 25.8 Å². The topological polar surface area (TPSA) is 157 Å². The molecule has 5 N–H and O–H groups in total. The molecular formula is C30H37N5O6. The molecule has 2 aromatic rings. The van der Waals surface area contributed by atoms with Gasteiger partial charge >= 0.3 is 0 Å². The number of nitrogens with one attached hydrogen (secondary N) is 4. The lowest BCUT2D eigenvalue weighted by Gasteiger charge is -2.32. The number of hydrogen-bond acceptors (Lipinski definition) is 6. The Morgan fingerprint density at radius 3 is 1.98 bits per heavy atom. The molecule has 2 aliphatic rings. The number of fused-ring (bicyclic) bond motifs is 1. The number of unbranched alkanes of at least 4 members (excludes halogenated alkanes) is 1. The van der Waals surface area contributed by atoms with E-state index in [-0.39, 0.29) is 31.6 Å². The maximum atomic E-state index is 13.8. The molecule has 2 aromatic carbocycles. The summed E-state index contributed by atoms with van der Waals surface area (Å²) in [7, 11) is 0. The van der Waals surface area contributed by atoms with Crippen LogP contribution in [0.4, 0.5) is 0 Å². The third-order valence-corrected chi connectivity index (χ3v) is 7.56. The van der Waals surface area contributed by atoms with Crippen LogP contribution in [0.5, 0.6) is 0 Å². The molecule has 41 heavy (non-hydrogen) atoms. The summed E-state index contributed by atoms with van der Waals surface area (Å²) in [6, 6.07) is 14.9. The molecular weight excluding hydrogens is 526 g/mol. The molecule has 4 rings (SSSR count).